The quantitative estimate of drug-likeness (QED) is 0.0339. The molecule has 1 aliphatic rings. The number of aliphatic hydroxyl groups excluding tert-OH is 3. The van der Waals surface area contributed by atoms with Crippen LogP contribution in [0.25, 0.3) is 0 Å². The minimum atomic E-state index is -1.86. The number of aliphatic hydroxyl groups is 3. The fourth-order valence-corrected chi connectivity index (χ4v) is 8.18. The van der Waals surface area contributed by atoms with Crippen molar-refractivity contribution >= 4 is 17.9 Å². The van der Waals surface area contributed by atoms with Gasteiger partial charge in [-0.15, -0.1) is 0 Å². The van der Waals surface area contributed by atoms with Gasteiger partial charge in [-0.25, -0.2) is 4.79 Å². The monoisotopic (exact) mass is 871 g/mol. The van der Waals surface area contributed by atoms with Crippen molar-refractivity contribution in [2.24, 2.45) is 0 Å². The third-order valence-electron chi connectivity index (χ3n) is 12.2. The van der Waals surface area contributed by atoms with Gasteiger partial charge in [0.25, 0.3) is 0 Å². The Bertz CT molecular complexity index is 1030. The first kappa shape index (κ1) is 57.2. The van der Waals surface area contributed by atoms with E-state index >= 15 is 0 Å². The predicted molar refractivity (Wildman–Crippen MR) is 243 cm³/mol. The lowest BCUT2D eigenvalue weighted by Gasteiger charge is -2.38. The lowest BCUT2D eigenvalue weighted by Crippen LogP contribution is -2.60. The maximum atomic E-state index is 12.8. The molecule has 61 heavy (non-hydrogen) atoms. The second kappa shape index (κ2) is 40.9. The molecule has 1 fully saturated rings. The summed E-state index contributed by atoms with van der Waals surface area (Å²) in [6, 6.07) is 0. The van der Waals surface area contributed by atoms with Crippen LogP contribution in [0.2, 0.25) is 0 Å². The van der Waals surface area contributed by atoms with Crippen molar-refractivity contribution in [2.45, 2.75) is 288 Å². The number of ether oxygens (including phenoxy) is 4. The molecule has 1 aliphatic heterocycles. The van der Waals surface area contributed by atoms with Crippen molar-refractivity contribution in [1.29, 1.82) is 0 Å². The molecule has 360 valence electrons. The van der Waals surface area contributed by atoms with Gasteiger partial charge in [0, 0.05) is 12.8 Å². The predicted octanol–water partition coefficient (Wildman–Crippen LogP) is 11.8. The van der Waals surface area contributed by atoms with Crippen LogP contribution in [-0.4, -0.2) is 88.4 Å². The highest BCUT2D eigenvalue weighted by molar-refractivity contribution is 5.73. The van der Waals surface area contributed by atoms with E-state index in [-0.39, 0.29) is 26.1 Å². The molecule has 1 heterocycles. The highest BCUT2D eigenvalue weighted by Crippen LogP contribution is 2.23. The third-order valence-corrected chi connectivity index (χ3v) is 12.2. The zero-order valence-electron chi connectivity index (χ0n) is 39.2. The molecule has 0 aromatic carbocycles. The summed E-state index contributed by atoms with van der Waals surface area (Å²) < 4.78 is 21.8. The molecule has 11 heteroatoms. The van der Waals surface area contributed by atoms with Crippen molar-refractivity contribution in [3.05, 3.63) is 0 Å². The zero-order valence-corrected chi connectivity index (χ0v) is 39.2. The van der Waals surface area contributed by atoms with Crippen LogP contribution in [-0.2, 0) is 33.3 Å². The molecule has 11 nitrogen and oxygen atoms in total. The molecule has 0 saturated carbocycles. The summed E-state index contributed by atoms with van der Waals surface area (Å²) >= 11 is 0. The van der Waals surface area contributed by atoms with Crippen molar-refractivity contribution in [1.82, 2.24) is 0 Å². The lowest BCUT2D eigenvalue weighted by molar-refractivity contribution is -0.298. The number of hydrogen-bond donors (Lipinski definition) is 4. The summed E-state index contributed by atoms with van der Waals surface area (Å²) in [5, 5.41) is 39.9. The molecule has 1 saturated heterocycles. The Kier molecular flexibility index (Phi) is 38.4. The van der Waals surface area contributed by atoms with Gasteiger partial charge in [0.15, 0.2) is 18.5 Å². The molecule has 0 aromatic heterocycles. The Hall–Kier alpha value is -1.79. The van der Waals surface area contributed by atoms with Gasteiger partial charge in [-0.05, 0) is 12.8 Å². The van der Waals surface area contributed by atoms with Crippen molar-refractivity contribution < 1.29 is 53.8 Å². The summed E-state index contributed by atoms with van der Waals surface area (Å²) in [6.07, 6.45) is 34.4. The summed E-state index contributed by atoms with van der Waals surface area (Å²) in [6.45, 7) is 3.86. The molecule has 0 spiro atoms. The zero-order chi connectivity index (χ0) is 44.6. The van der Waals surface area contributed by atoms with Crippen LogP contribution < -0.4 is 0 Å². The molecule has 6 unspecified atom stereocenters. The van der Waals surface area contributed by atoms with Crippen LogP contribution in [0.15, 0.2) is 0 Å². The molecule has 0 aliphatic carbocycles. The molecule has 0 amide bonds. The number of rotatable bonds is 44. The Morgan fingerprint density at radius 3 is 1.11 bits per heavy atom. The molecule has 6 atom stereocenters. The topological polar surface area (TPSA) is 169 Å². The minimum absolute atomic E-state index is 0.191. The largest absolute Gasteiger partial charge is 0.479 e. The Morgan fingerprint density at radius 2 is 0.770 bits per heavy atom. The normalized spacial score (nSPS) is 19.5. The molecule has 0 bridgehead atoms. The fraction of sp³-hybridized carbons (Fsp3) is 0.940. The van der Waals surface area contributed by atoms with Gasteiger partial charge in [0.2, 0.25) is 0 Å². The van der Waals surface area contributed by atoms with Crippen molar-refractivity contribution in [3.63, 3.8) is 0 Å². The van der Waals surface area contributed by atoms with Gasteiger partial charge in [-0.2, -0.15) is 0 Å². The number of esters is 2. The number of carbonyl (C=O) groups excluding carboxylic acids is 2. The smallest absolute Gasteiger partial charge is 0.335 e. The van der Waals surface area contributed by atoms with Crippen LogP contribution in [0.4, 0.5) is 0 Å². The molecular formula is C50H94O11. The van der Waals surface area contributed by atoms with Crippen molar-refractivity contribution in [2.75, 3.05) is 13.2 Å². The first-order chi connectivity index (χ1) is 29.7. The first-order valence-electron chi connectivity index (χ1n) is 25.6. The van der Waals surface area contributed by atoms with E-state index in [9.17, 15) is 34.8 Å². The second-order valence-corrected chi connectivity index (χ2v) is 18.0. The van der Waals surface area contributed by atoms with E-state index in [0.717, 1.165) is 38.5 Å². The molecule has 4 N–H and O–H groups in total. The van der Waals surface area contributed by atoms with Crippen molar-refractivity contribution in [3.8, 4) is 0 Å². The average molecular weight is 871 g/mol. The van der Waals surface area contributed by atoms with E-state index in [1.165, 1.54) is 173 Å². The van der Waals surface area contributed by atoms with E-state index in [4.69, 9.17) is 18.9 Å². The van der Waals surface area contributed by atoms with E-state index in [0.29, 0.717) is 12.8 Å². The summed E-state index contributed by atoms with van der Waals surface area (Å²) in [4.78, 5) is 36.9. The van der Waals surface area contributed by atoms with E-state index in [1.54, 1.807) is 0 Å². The van der Waals surface area contributed by atoms with Crippen LogP contribution in [0.1, 0.15) is 251 Å². The van der Waals surface area contributed by atoms with Gasteiger partial charge in [0.05, 0.1) is 6.61 Å². The summed E-state index contributed by atoms with van der Waals surface area (Å²) in [5.74, 6) is -2.42. The molecular weight excluding hydrogens is 777 g/mol. The number of aliphatic carboxylic acids is 1. The van der Waals surface area contributed by atoms with E-state index < -0.39 is 54.7 Å². The Labute approximate surface area is 372 Å². The van der Waals surface area contributed by atoms with Gasteiger partial charge >= 0.3 is 17.9 Å². The van der Waals surface area contributed by atoms with Gasteiger partial charge < -0.3 is 39.4 Å². The fourth-order valence-electron chi connectivity index (χ4n) is 8.18. The van der Waals surface area contributed by atoms with Gasteiger partial charge in [-0.3, -0.25) is 9.59 Å². The maximum absolute atomic E-state index is 12.8. The number of carbonyl (C=O) groups is 3. The summed E-state index contributed by atoms with van der Waals surface area (Å²) in [7, 11) is 0. The van der Waals surface area contributed by atoms with E-state index in [2.05, 4.69) is 13.8 Å². The Balaban J connectivity index is 2.27. The third kappa shape index (κ3) is 32.5. The standard InChI is InChI=1S/C50H94O11/c1-3-5-7-9-11-13-15-17-19-20-21-22-23-25-26-28-30-32-34-36-38-43(51)58-40-42(41-59-50-47(55)45(53)46(54)48(61-50)49(56)57)60-44(52)39-37-35-33-31-29-27-24-18-16-14-12-10-8-6-4-2/h42,45-48,50,53-55H,3-41H2,1-2H3,(H,56,57). The first-order valence-corrected chi connectivity index (χ1v) is 25.6. The number of carboxylic acid groups (broad SMARTS) is 1. The molecule has 0 radical (unpaired) electrons. The average Bonchev–Trinajstić information content (AvgIpc) is 3.24. The van der Waals surface area contributed by atoms with Crippen LogP contribution in [0, 0.1) is 0 Å². The number of carboxylic acids is 1. The summed E-state index contributed by atoms with van der Waals surface area (Å²) in [5.41, 5.74) is 0. The van der Waals surface area contributed by atoms with E-state index in [1.807, 2.05) is 0 Å². The number of unbranched alkanes of at least 4 members (excludes halogenated alkanes) is 33. The van der Waals surface area contributed by atoms with Crippen LogP contribution >= 0.6 is 0 Å². The maximum Gasteiger partial charge on any atom is 0.335 e. The SMILES string of the molecule is CCCCCCCCCCCCCCCCCCCCCCC(=O)OCC(COC1OC(C(=O)O)C(O)C(O)C1O)OC(=O)CCCCCCCCCCCCCCCCC. The highest BCUT2D eigenvalue weighted by Gasteiger charge is 2.47. The van der Waals surface area contributed by atoms with Crippen LogP contribution in [0.3, 0.4) is 0 Å². The lowest BCUT2D eigenvalue weighted by atomic mass is 9.99. The highest BCUT2D eigenvalue weighted by atomic mass is 16.7. The minimum Gasteiger partial charge on any atom is -0.479 e. The van der Waals surface area contributed by atoms with Gasteiger partial charge in [0.1, 0.15) is 24.9 Å². The molecule has 0 aromatic rings. The molecule has 1 rings (SSSR count). The number of hydrogen-bond acceptors (Lipinski definition) is 10. The van der Waals surface area contributed by atoms with Gasteiger partial charge in [-0.1, -0.05) is 226 Å². The Morgan fingerprint density at radius 1 is 0.443 bits per heavy atom. The van der Waals surface area contributed by atoms with Crippen LogP contribution in [0.5, 0.6) is 0 Å². The second-order valence-electron chi connectivity index (χ2n) is 18.0.